The van der Waals surface area contributed by atoms with E-state index in [9.17, 15) is 0 Å². The van der Waals surface area contributed by atoms with E-state index in [1.165, 1.54) is 11.3 Å². The highest BCUT2D eigenvalue weighted by Gasteiger charge is 2.15. The van der Waals surface area contributed by atoms with Crippen LogP contribution in [0.1, 0.15) is 17.7 Å². The number of aromatic amines is 1. The molecular weight excluding hydrogens is 252 g/mol. The maximum Gasteiger partial charge on any atom is 0.139 e. The molecule has 0 radical (unpaired) electrons. The maximum absolute atomic E-state index is 5.98. The zero-order chi connectivity index (χ0) is 11.8. The standard InChI is InChI=1S/C13H11ClN2S/c14-9-4-1-3-8(7-9)12-15-11-6-2-5-10(11)13(17)16-12/h1,3-4,7H,2,5-6H2,(H,15,16,17). The predicted molar refractivity (Wildman–Crippen MR) is 71.9 cm³/mol. The van der Waals surface area contributed by atoms with Crippen molar-refractivity contribution >= 4 is 23.8 Å². The normalized spacial score (nSPS) is 13.7. The molecule has 0 amide bonds. The first kappa shape index (κ1) is 10.9. The fraction of sp³-hybridized carbons (Fsp3) is 0.231. The summed E-state index contributed by atoms with van der Waals surface area (Å²) in [6.07, 6.45) is 3.28. The number of nitrogens with one attached hydrogen (secondary N) is 1. The number of aromatic nitrogens is 2. The van der Waals surface area contributed by atoms with Gasteiger partial charge in [-0.2, -0.15) is 0 Å². The molecular formula is C13H11ClN2S. The van der Waals surface area contributed by atoms with Crippen molar-refractivity contribution < 1.29 is 0 Å². The third-order valence-corrected chi connectivity index (χ3v) is 3.63. The lowest BCUT2D eigenvalue weighted by atomic mass is 10.2. The van der Waals surface area contributed by atoms with Crippen LogP contribution in [0.3, 0.4) is 0 Å². The Bertz CT molecular complexity index is 634. The Balaban J connectivity index is 2.16. The molecule has 1 aromatic carbocycles. The van der Waals surface area contributed by atoms with Crippen LogP contribution in [0.15, 0.2) is 24.3 Å². The highest BCUT2D eigenvalue weighted by atomic mass is 35.5. The number of aryl methyl sites for hydroxylation is 1. The van der Waals surface area contributed by atoms with Crippen LogP contribution in [0, 0.1) is 4.64 Å². The molecule has 0 unspecified atom stereocenters. The lowest BCUT2D eigenvalue weighted by molar-refractivity contribution is 0.899. The van der Waals surface area contributed by atoms with Gasteiger partial charge in [0.1, 0.15) is 10.5 Å². The third-order valence-electron chi connectivity index (χ3n) is 3.06. The van der Waals surface area contributed by atoms with Gasteiger partial charge in [-0.05, 0) is 31.4 Å². The fourth-order valence-corrected chi connectivity index (χ4v) is 2.74. The van der Waals surface area contributed by atoms with E-state index in [-0.39, 0.29) is 0 Å². The molecule has 17 heavy (non-hydrogen) atoms. The van der Waals surface area contributed by atoms with Crippen molar-refractivity contribution in [2.45, 2.75) is 19.3 Å². The molecule has 3 rings (SSSR count). The zero-order valence-electron chi connectivity index (χ0n) is 9.16. The summed E-state index contributed by atoms with van der Waals surface area (Å²) < 4.78 is 0.728. The maximum atomic E-state index is 5.98. The first-order chi connectivity index (χ1) is 8.24. The average Bonchev–Trinajstić information content (AvgIpc) is 2.77. The van der Waals surface area contributed by atoms with Crippen LogP contribution in [0.5, 0.6) is 0 Å². The molecule has 86 valence electrons. The van der Waals surface area contributed by atoms with Gasteiger partial charge >= 0.3 is 0 Å². The lowest BCUT2D eigenvalue weighted by Crippen LogP contribution is -1.97. The number of halogens is 1. The summed E-state index contributed by atoms with van der Waals surface area (Å²) in [5.41, 5.74) is 3.43. The first-order valence-corrected chi connectivity index (χ1v) is 6.41. The van der Waals surface area contributed by atoms with Crippen molar-refractivity contribution in [2.24, 2.45) is 0 Å². The van der Waals surface area contributed by atoms with Crippen molar-refractivity contribution in [1.29, 1.82) is 0 Å². The number of fused-ring (bicyclic) bond motifs is 1. The lowest BCUT2D eigenvalue weighted by Gasteiger charge is -2.05. The summed E-state index contributed by atoms with van der Waals surface area (Å²) in [6.45, 7) is 0. The molecule has 0 saturated heterocycles. The summed E-state index contributed by atoms with van der Waals surface area (Å²) >= 11 is 11.3. The van der Waals surface area contributed by atoms with Crippen LogP contribution in [0.25, 0.3) is 11.4 Å². The Hall–Kier alpha value is -1.19. The van der Waals surface area contributed by atoms with Gasteiger partial charge in [0, 0.05) is 21.8 Å². The van der Waals surface area contributed by atoms with E-state index in [2.05, 4.69) is 9.97 Å². The minimum Gasteiger partial charge on any atom is -0.343 e. The molecule has 1 N–H and O–H groups in total. The van der Waals surface area contributed by atoms with E-state index in [1.54, 1.807) is 0 Å². The van der Waals surface area contributed by atoms with Crippen molar-refractivity contribution in [3.63, 3.8) is 0 Å². The van der Waals surface area contributed by atoms with E-state index in [1.807, 2.05) is 24.3 Å². The van der Waals surface area contributed by atoms with Crippen LogP contribution in [0.4, 0.5) is 0 Å². The molecule has 1 aliphatic rings. The Morgan fingerprint density at radius 2 is 2.18 bits per heavy atom. The van der Waals surface area contributed by atoms with Crippen LogP contribution >= 0.6 is 23.8 Å². The smallest absolute Gasteiger partial charge is 0.139 e. The molecule has 0 spiro atoms. The van der Waals surface area contributed by atoms with Gasteiger partial charge in [0.05, 0.1) is 0 Å². The fourth-order valence-electron chi connectivity index (χ4n) is 2.23. The molecule has 0 saturated carbocycles. The summed E-state index contributed by atoms with van der Waals surface area (Å²) in [5.74, 6) is 0.818. The molecule has 4 heteroatoms. The van der Waals surface area contributed by atoms with Crippen molar-refractivity contribution in [3.8, 4) is 11.4 Å². The summed E-state index contributed by atoms with van der Waals surface area (Å²) in [5, 5.41) is 0.712. The monoisotopic (exact) mass is 262 g/mol. The molecule has 0 bridgehead atoms. The van der Waals surface area contributed by atoms with Crippen LogP contribution in [-0.2, 0) is 12.8 Å². The molecule has 0 aliphatic heterocycles. The third kappa shape index (κ3) is 2.01. The van der Waals surface area contributed by atoms with Gasteiger partial charge in [0.2, 0.25) is 0 Å². The van der Waals surface area contributed by atoms with Gasteiger partial charge in [-0.25, -0.2) is 4.98 Å². The highest BCUT2D eigenvalue weighted by molar-refractivity contribution is 7.71. The van der Waals surface area contributed by atoms with Crippen molar-refractivity contribution in [3.05, 3.63) is 45.2 Å². The number of rotatable bonds is 1. The molecule has 0 fully saturated rings. The number of benzene rings is 1. The minimum atomic E-state index is 0.712. The summed E-state index contributed by atoms with van der Waals surface area (Å²) in [4.78, 5) is 7.83. The highest BCUT2D eigenvalue weighted by Crippen LogP contribution is 2.25. The Morgan fingerprint density at radius 1 is 1.29 bits per heavy atom. The largest absolute Gasteiger partial charge is 0.343 e. The minimum absolute atomic E-state index is 0.712. The molecule has 2 aromatic rings. The molecule has 2 nitrogen and oxygen atoms in total. The molecule has 1 aliphatic carbocycles. The second kappa shape index (κ2) is 4.24. The Morgan fingerprint density at radius 3 is 3.00 bits per heavy atom. The second-order valence-corrected chi connectivity index (χ2v) is 5.03. The zero-order valence-corrected chi connectivity index (χ0v) is 10.7. The van der Waals surface area contributed by atoms with E-state index < -0.39 is 0 Å². The quantitative estimate of drug-likeness (QED) is 0.789. The number of hydrogen-bond acceptors (Lipinski definition) is 2. The Labute approximate surface area is 110 Å². The first-order valence-electron chi connectivity index (χ1n) is 5.62. The van der Waals surface area contributed by atoms with E-state index in [0.29, 0.717) is 5.02 Å². The van der Waals surface area contributed by atoms with E-state index in [0.717, 1.165) is 35.3 Å². The number of H-pyrrole nitrogens is 1. The number of nitrogens with zero attached hydrogens (tertiary/aromatic N) is 1. The average molecular weight is 263 g/mol. The van der Waals surface area contributed by atoms with Gasteiger partial charge in [0.25, 0.3) is 0 Å². The SMILES string of the molecule is S=c1nc(-c2cccc(Cl)c2)[nH]c2c1CCC2. The predicted octanol–water partition coefficient (Wildman–Crippen LogP) is 3.95. The van der Waals surface area contributed by atoms with Gasteiger partial charge < -0.3 is 4.98 Å². The van der Waals surface area contributed by atoms with Gasteiger partial charge in [0.15, 0.2) is 0 Å². The topological polar surface area (TPSA) is 28.7 Å². The van der Waals surface area contributed by atoms with E-state index >= 15 is 0 Å². The summed E-state index contributed by atoms with van der Waals surface area (Å²) in [7, 11) is 0. The van der Waals surface area contributed by atoms with Crippen LogP contribution in [-0.4, -0.2) is 9.97 Å². The second-order valence-electron chi connectivity index (χ2n) is 4.21. The van der Waals surface area contributed by atoms with Crippen molar-refractivity contribution in [2.75, 3.05) is 0 Å². The number of hydrogen-bond donors (Lipinski definition) is 1. The van der Waals surface area contributed by atoms with Crippen LogP contribution < -0.4 is 0 Å². The molecule has 1 heterocycles. The van der Waals surface area contributed by atoms with Crippen molar-refractivity contribution in [1.82, 2.24) is 9.97 Å². The Kier molecular flexibility index (Phi) is 2.73. The molecule has 1 aromatic heterocycles. The van der Waals surface area contributed by atoms with Gasteiger partial charge in [-0.1, -0.05) is 36.0 Å². The summed E-state index contributed by atoms with van der Waals surface area (Å²) in [6, 6.07) is 7.66. The van der Waals surface area contributed by atoms with Gasteiger partial charge in [-0.3, -0.25) is 0 Å². The van der Waals surface area contributed by atoms with Crippen LogP contribution in [0.2, 0.25) is 5.02 Å². The van der Waals surface area contributed by atoms with E-state index in [4.69, 9.17) is 23.8 Å². The van der Waals surface area contributed by atoms with Gasteiger partial charge in [-0.15, -0.1) is 0 Å². The molecule has 0 atom stereocenters.